The molecule has 3 nitrogen and oxygen atoms in total. The minimum atomic E-state index is -4.15. The fraction of sp³-hybridized carbons (Fsp3) is 0.786. The Hall–Kier alpha value is -0.560. The highest BCUT2D eigenvalue weighted by Crippen LogP contribution is 2.42. The Morgan fingerprint density at radius 3 is 2.43 bits per heavy atom. The molecule has 0 radical (unpaired) electrons. The van der Waals surface area contributed by atoms with Gasteiger partial charge in [-0.2, -0.15) is 18.3 Å². The molecule has 0 unspecified atom stereocenters. The van der Waals surface area contributed by atoms with Gasteiger partial charge in [-0.1, -0.05) is 0 Å². The zero-order valence-electron chi connectivity index (χ0n) is 12.2. The number of halogens is 4. The normalized spacial score (nSPS) is 27.1. The highest BCUT2D eigenvalue weighted by atomic mass is 79.9. The van der Waals surface area contributed by atoms with E-state index >= 15 is 0 Å². The van der Waals surface area contributed by atoms with Crippen molar-refractivity contribution < 1.29 is 18.3 Å². The van der Waals surface area contributed by atoms with Crippen molar-refractivity contribution >= 4 is 15.9 Å². The molecule has 1 N–H and O–H groups in total. The maximum absolute atomic E-state index is 12.7. The van der Waals surface area contributed by atoms with Crippen LogP contribution in [0.4, 0.5) is 13.2 Å². The fourth-order valence-corrected chi connectivity index (χ4v) is 3.43. The van der Waals surface area contributed by atoms with Gasteiger partial charge in [0.05, 0.1) is 27.4 Å². The second kappa shape index (κ2) is 5.91. The molecule has 0 amide bonds. The Morgan fingerprint density at radius 2 is 1.95 bits per heavy atom. The van der Waals surface area contributed by atoms with Gasteiger partial charge in [0.25, 0.3) is 0 Å². The van der Waals surface area contributed by atoms with Gasteiger partial charge in [0.15, 0.2) is 0 Å². The first kappa shape index (κ1) is 16.8. The van der Waals surface area contributed by atoms with Gasteiger partial charge >= 0.3 is 6.18 Å². The summed E-state index contributed by atoms with van der Waals surface area (Å²) in [5, 5.41) is 15.0. The van der Waals surface area contributed by atoms with Crippen molar-refractivity contribution in [2.24, 2.45) is 5.92 Å². The monoisotopic (exact) mass is 368 g/mol. The number of aromatic nitrogens is 2. The molecule has 1 aliphatic rings. The van der Waals surface area contributed by atoms with Crippen molar-refractivity contribution in [2.45, 2.75) is 64.3 Å². The second-order valence-corrected chi connectivity index (χ2v) is 6.67. The first-order valence-electron chi connectivity index (χ1n) is 7.17. The Labute approximate surface area is 130 Å². The lowest BCUT2D eigenvalue weighted by atomic mass is 9.76. The highest BCUT2D eigenvalue weighted by molar-refractivity contribution is 9.10. The molecule has 7 heteroatoms. The average molecular weight is 369 g/mol. The molecule has 1 aromatic rings. The second-order valence-electron chi connectivity index (χ2n) is 5.88. The van der Waals surface area contributed by atoms with Crippen LogP contribution >= 0.6 is 15.9 Å². The maximum atomic E-state index is 12.7. The van der Waals surface area contributed by atoms with E-state index < -0.39 is 17.7 Å². The summed E-state index contributed by atoms with van der Waals surface area (Å²) in [5.41, 5.74) is 0.631. The van der Waals surface area contributed by atoms with E-state index in [-0.39, 0.29) is 25.7 Å². The van der Waals surface area contributed by atoms with Crippen molar-refractivity contribution in [3.63, 3.8) is 0 Å². The van der Waals surface area contributed by atoms with Gasteiger partial charge in [-0.05, 0) is 55.5 Å². The number of alkyl halides is 3. The van der Waals surface area contributed by atoms with E-state index in [0.29, 0.717) is 13.0 Å². The van der Waals surface area contributed by atoms with Gasteiger partial charge in [-0.3, -0.25) is 4.68 Å². The summed E-state index contributed by atoms with van der Waals surface area (Å²) in [7, 11) is 0. The third-order valence-corrected chi connectivity index (χ3v) is 5.36. The zero-order valence-corrected chi connectivity index (χ0v) is 13.8. The molecule has 1 heterocycles. The molecule has 0 aliphatic heterocycles. The molecule has 0 atom stereocenters. The summed E-state index contributed by atoms with van der Waals surface area (Å²) in [6.45, 7) is 4.49. The van der Waals surface area contributed by atoms with Gasteiger partial charge in [-0.15, -0.1) is 0 Å². The van der Waals surface area contributed by atoms with Crippen LogP contribution in [0.15, 0.2) is 4.47 Å². The molecule has 1 saturated carbocycles. The number of aryl methyl sites for hydroxylation is 2. The van der Waals surface area contributed by atoms with Crippen molar-refractivity contribution in [1.82, 2.24) is 9.78 Å². The standard InChI is InChI=1S/C14H20BrF3N2O/c1-3-20-11(12(15)9(2)19-20)8-13(21)6-4-10(5-7-13)14(16,17)18/h10,21H,3-8H2,1-2H3. The van der Waals surface area contributed by atoms with E-state index in [1.807, 2.05) is 13.8 Å². The molecule has 0 bridgehead atoms. The van der Waals surface area contributed by atoms with E-state index in [2.05, 4.69) is 21.0 Å². The Balaban J connectivity index is 2.10. The summed E-state index contributed by atoms with van der Waals surface area (Å²) in [6.07, 6.45) is -3.46. The minimum Gasteiger partial charge on any atom is -0.389 e. The first-order chi connectivity index (χ1) is 9.66. The van der Waals surface area contributed by atoms with E-state index in [9.17, 15) is 18.3 Å². The van der Waals surface area contributed by atoms with Crippen LogP contribution in [0.1, 0.15) is 44.0 Å². The van der Waals surface area contributed by atoms with E-state index in [4.69, 9.17) is 0 Å². The van der Waals surface area contributed by atoms with Crippen molar-refractivity contribution in [3.8, 4) is 0 Å². The quantitative estimate of drug-likeness (QED) is 0.875. The molecule has 1 aromatic heterocycles. The Morgan fingerprint density at radius 1 is 1.38 bits per heavy atom. The largest absolute Gasteiger partial charge is 0.391 e. The number of hydrogen-bond acceptors (Lipinski definition) is 2. The highest BCUT2D eigenvalue weighted by Gasteiger charge is 2.45. The van der Waals surface area contributed by atoms with Gasteiger partial charge in [-0.25, -0.2) is 0 Å². The van der Waals surface area contributed by atoms with Crippen LogP contribution in [0.25, 0.3) is 0 Å². The lowest BCUT2D eigenvalue weighted by molar-refractivity contribution is -0.192. The Kier molecular flexibility index (Phi) is 4.73. The smallest absolute Gasteiger partial charge is 0.389 e. The predicted octanol–water partition coefficient (Wildman–Crippen LogP) is 4.00. The van der Waals surface area contributed by atoms with Crippen LogP contribution in [0.5, 0.6) is 0 Å². The summed E-state index contributed by atoms with van der Waals surface area (Å²) in [4.78, 5) is 0. The van der Waals surface area contributed by atoms with E-state index in [1.165, 1.54) is 0 Å². The van der Waals surface area contributed by atoms with Gasteiger partial charge in [0.2, 0.25) is 0 Å². The van der Waals surface area contributed by atoms with E-state index in [1.54, 1.807) is 4.68 Å². The number of nitrogens with zero attached hydrogens (tertiary/aromatic N) is 2. The van der Waals surface area contributed by atoms with Crippen LogP contribution in [-0.4, -0.2) is 26.7 Å². The topological polar surface area (TPSA) is 38.0 Å². The van der Waals surface area contributed by atoms with E-state index in [0.717, 1.165) is 15.9 Å². The third kappa shape index (κ3) is 3.62. The molecule has 21 heavy (non-hydrogen) atoms. The molecule has 120 valence electrons. The van der Waals surface area contributed by atoms with Gasteiger partial charge < -0.3 is 5.11 Å². The number of hydrogen-bond donors (Lipinski definition) is 1. The summed E-state index contributed by atoms with van der Waals surface area (Å²) in [6, 6.07) is 0. The molecule has 0 aromatic carbocycles. The van der Waals surface area contributed by atoms with Gasteiger partial charge in [0.1, 0.15) is 0 Å². The molecule has 1 aliphatic carbocycles. The SMILES string of the molecule is CCn1nc(C)c(Br)c1CC1(O)CCC(C(F)(F)F)CC1. The van der Waals surface area contributed by atoms with Crippen LogP contribution in [0.3, 0.4) is 0 Å². The van der Waals surface area contributed by atoms with Crippen LogP contribution in [0, 0.1) is 12.8 Å². The molecular weight excluding hydrogens is 349 g/mol. The predicted molar refractivity (Wildman–Crippen MR) is 77.0 cm³/mol. The van der Waals surface area contributed by atoms with Crippen molar-refractivity contribution in [3.05, 3.63) is 15.9 Å². The molecule has 0 saturated heterocycles. The lowest BCUT2D eigenvalue weighted by Crippen LogP contribution is -2.40. The lowest BCUT2D eigenvalue weighted by Gasteiger charge is -2.36. The van der Waals surface area contributed by atoms with Crippen LogP contribution < -0.4 is 0 Å². The molecule has 0 spiro atoms. The first-order valence-corrected chi connectivity index (χ1v) is 7.96. The summed E-state index contributed by atoms with van der Waals surface area (Å²) >= 11 is 3.46. The average Bonchev–Trinajstić information content (AvgIpc) is 2.65. The minimum absolute atomic E-state index is 0.00311. The van der Waals surface area contributed by atoms with Crippen molar-refractivity contribution in [2.75, 3.05) is 0 Å². The number of rotatable bonds is 3. The third-order valence-electron chi connectivity index (χ3n) is 4.33. The Bertz CT molecular complexity index is 505. The van der Waals surface area contributed by atoms with Gasteiger partial charge in [0, 0.05) is 13.0 Å². The molecular formula is C14H20BrF3N2O. The summed E-state index contributed by atoms with van der Waals surface area (Å²) in [5.74, 6) is -1.28. The van der Waals surface area contributed by atoms with Crippen molar-refractivity contribution in [1.29, 1.82) is 0 Å². The molecule has 1 fully saturated rings. The zero-order chi connectivity index (χ0) is 15.8. The van der Waals surface area contributed by atoms with Crippen LogP contribution in [-0.2, 0) is 13.0 Å². The maximum Gasteiger partial charge on any atom is 0.391 e. The number of aliphatic hydroxyl groups is 1. The van der Waals surface area contributed by atoms with Crippen LogP contribution in [0.2, 0.25) is 0 Å². The fourth-order valence-electron chi connectivity index (χ4n) is 3.01. The summed E-state index contributed by atoms with van der Waals surface area (Å²) < 4.78 is 40.8. The molecule has 2 rings (SSSR count).